The topological polar surface area (TPSA) is 98.9 Å². The summed E-state index contributed by atoms with van der Waals surface area (Å²) in [5, 5.41) is 19.4. The third-order valence-electron chi connectivity index (χ3n) is 2.01. The molecule has 20 heavy (non-hydrogen) atoms. The molecule has 0 spiro atoms. The van der Waals surface area contributed by atoms with Gasteiger partial charge in [-0.05, 0) is 6.07 Å². The zero-order valence-corrected chi connectivity index (χ0v) is 9.72. The van der Waals surface area contributed by atoms with Gasteiger partial charge in [0.15, 0.2) is 5.75 Å². The SMILES string of the molecule is O=C(O)c1ccc([N+](=O)[O-])c(OCCOC(F)(F)F)c1. The van der Waals surface area contributed by atoms with Crippen molar-refractivity contribution in [2.75, 3.05) is 13.2 Å². The number of hydrogen-bond acceptors (Lipinski definition) is 5. The van der Waals surface area contributed by atoms with E-state index in [1.807, 2.05) is 0 Å². The molecule has 0 amide bonds. The Bertz CT molecular complexity index is 516. The lowest BCUT2D eigenvalue weighted by Crippen LogP contribution is -2.18. The van der Waals surface area contributed by atoms with Crippen LogP contribution >= 0.6 is 0 Å². The normalized spacial score (nSPS) is 11.2. The summed E-state index contributed by atoms with van der Waals surface area (Å²) in [6.45, 7) is -1.50. The fourth-order valence-corrected chi connectivity index (χ4v) is 1.22. The number of aromatic carboxylic acids is 1. The van der Waals surface area contributed by atoms with Gasteiger partial charge in [-0.25, -0.2) is 4.79 Å². The fraction of sp³-hybridized carbons (Fsp3) is 0.300. The van der Waals surface area contributed by atoms with E-state index in [2.05, 4.69) is 4.74 Å². The predicted octanol–water partition coefficient (Wildman–Crippen LogP) is 2.21. The van der Waals surface area contributed by atoms with Crippen LogP contribution < -0.4 is 4.74 Å². The molecular weight excluding hydrogens is 287 g/mol. The molecule has 7 nitrogen and oxygen atoms in total. The Morgan fingerprint density at radius 3 is 2.50 bits per heavy atom. The van der Waals surface area contributed by atoms with Gasteiger partial charge in [-0.3, -0.25) is 14.9 Å². The smallest absolute Gasteiger partial charge is 0.484 e. The molecule has 0 aliphatic rings. The average Bonchev–Trinajstić information content (AvgIpc) is 2.33. The molecule has 0 fully saturated rings. The Morgan fingerprint density at radius 1 is 1.35 bits per heavy atom. The second-order valence-electron chi connectivity index (χ2n) is 3.39. The molecule has 0 aliphatic heterocycles. The highest BCUT2D eigenvalue weighted by Gasteiger charge is 2.29. The number of rotatable bonds is 6. The van der Waals surface area contributed by atoms with Gasteiger partial charge in [0, 0.05) is 12.1 Å². The summed E-state index contributed by atoms with van der Waals surface area (Å²) in [7, 11) is 0. The molecule has 0 atom stereocenters. The number of halogens is 3. The van der Waals surface area contributed by atoms with Crippen LogP contribution in [0.1, 0.15) is 10.4 Å². The quantitative estimate of drug-likeness (QED) is 0.490. The van der Waals surface area contributed by atoms with E-state index in [-0.39, 0.29) is 5.56 Å². The van der Waals surface area contributed by atoms with Crippen molar-refractivity contribution in [1.82, 2.24) is 0 Å². The molecule has 0 saturated carbocycles. The monoisotopic (exact) mass is 295 g/mol. The first-order valence-electron chi connectivity index (χ1n) is 5.06. The van der Waals surface area contributed by atoms with Crippen molar-refractivity contribution in [2.45, 2.75) is 6.36 Å². The maximum Gasteiger partial charge on any atom is 0.522 e. The van der Waals surface area contributed by atoms with Gasteiger partial charge in [0.1, 0.15) is 6.61 Å². The Balaban J connectivity index is 2.78. The summed E-state index contributed by atoms with van der Waals surface area (Å²) in [6, 6.07) is 2.73. The number of alkyl halides is 3. The van der Waals surface area contributed by atoms with E-state index < -0.39 is 41.9 Å². The summed E-state index contributed by atoms with van der Waals surface area (Å²) in [4.78, 5) is 20.5. The van der Waals surface area contributed by atoms with Gasteiger partial charge >= 0.3 is 18.0 Å². The molecule has 0 aliphatic carbocycles. The summed E-state index contributed by atoms with van der Waals surface area (Å²) in [5.74, 6) is -1.79. The molecule has 0 heterocycles. The van der Waals surface area contributed by atoms with Crippen LogP contribution in [0, 0.1) is 10.1 Å². The number of nitrogens with zero attached hydrogens (tertiary/aromatic N) is 1. The van der Waals surface area contributed by atoms with Crippen LogP contribution in [0.5, 0.6) is 5.75 Å². The minimum Gasteiger partial charge on any atom is -0.484 e. The third kappa shape index (κ3) is 4.72. The summed E-state index contributed by atoms with van der Waals surface area (Å²) < 4.78 is 43.3. The lowest BCUT2D eigenvalue weighted by molar-refractivity contribution is -0.386. The Morgan fingerprint density at radius 2 is 2.00 bits per heavy atom. The maximum atomic E-state index is 11.7. The summed E-state index contributed by atoms with van der Waals surface area (Å²) in [6.07, 6.45) is -4.84. The second-order valence-corrected chi connectivity index (χ2v) is 3.39. The molecule has 110 valence electrons. The van der Waals surface area contributed by atoms with E-state index in [1.54, 1.807) is 0 Å². The number of benzene rings is 1. The fourth-order valence-electron chi connectivity index (χ4n) is 1.22. The first-order chi connectivity index (χ1) is 9.20. The van der Waals surface area contributed by atoms with Crippen LogP contribution in [0.15, 0.2) is 18.2 Å². The number of nitro groups is 1. The second kappa shape index (κ2) is 6.19. The molecule has 10 heteroatoms. The summed E-state index contributed by atoms with van der Waals surface area (Å²) in [5.41, 5.74) is -0.843. The summed E-state index contributed by atoms with van der Waals surface area (Å²) >= 11 is 0. The highest BCUT2D eigenvalue weighted by molar-refractivity contribution is 5.88. The molecule has 0 radical (unpaired) electrons. The van der Waals surface area contributed by atoms with Crippen LogP contribution in [-0.2, 0) is 4.74 Å². The van der Waals surface area contributed by atoms with Crippen LogP contribution in [0.2, 0.25) is 0 Å². The highest BCUT2D eigenvalue weighted by atomic mass is 19.4. The van der Waals surface area contributed by atoms with Crippen molar-refractivity contribution in [3.63, 3.8) is 0 Å². The number of ether oxygens (including phenoxy) is 2. The molecule has 0 aromatic heterocycles. The van der Waals surface area contributed by atoms with Gasteiger partial charge in [-0.15, -0.1) is 13.2 Å². The van der Waals surface area contributed by atoms with Crippen molar-refractivity contribution in [1.29, 1.82) is 0 Å². The lowest BCUT2D eigenvalue weighted by atomic mass is 10.2. The van der Waals surface area contributed by atoms with Gasteiger partial charge in [0.05, 0.1) is 17.1 Å². The number of nitro benzene ring substituents is 1. The van der Waals surface area contributed by atoms with E-state index in [9.17, 15) is 28.1 Å². The van der Waals surface area contributed by atoms with E-state index in [0.717, 1.165) is 18.2 Å². The van der Waals surface area contributed by atoms with E-state index >= 15 is 0 Å². The van der Waals surface area contributed by atoms with Gasteiger partial charge in [-0.2, -0.15) is 0 Å². The van der Waals surface area contributed by atoms with Crippen molar-refractivity contribution < 1.29 is 37.5 Å². The van der Waals surface area contributed by atoms with Crippen molar-refractivity contribution in [3.8, 4) is 5.75 Å². The van der Waals surface area contributed by atoms with Crippen LogP contribution in [0.3, 0.4) is 0 Å². The van der Waals surface area contributed by atoms with Gasteiger partial charge < -0.3 is 9.84 Å². The average molecular weight is 295 g/mol. The van der Waals surface area contributed by atoms with Gasteiger partial charge in [-0.1, -0.05) is 0 Å². The Labute approximate surface area is 109 Å². The zero-order chi connectivity index (χ0) is 15.3. The minimum atomic E-state index is -4.84. The third-order valence-corrected chi connectivity index (χ3v) is 2.01. The van der Waals surface area contributed by atoms with Crippen molar-refractivity contribution in [2.24, 2.45) is 0 Å². The van der Waals surface area contributed by atoms with Crippen molar-refractivity contribution >= 4 is 11.7 Å². The van der Waals surface area contributed by atoms with Crippen LogP contribution in [-0.4, -0.2) is 35.6 Å². The molecule has 0 bridgehead atoms. The molecular formula is C10H8F3NO6. The molecule has 0 saturated heterocycles. The molecule has 1 aromatic rings. The number of carboxylic acid groups (broad SMARTS) is 1. The van der Waals surface area contributed by atoms with E-state index in [4.69, 9.17) is 9.84 Å². The number of carboxylic acids is 1. The van der Waals surface area contributed by atoms with Crippen LogP contribution in [0.4, 0.5) is 18.9 Å². The number of hydrogen-bond donors (Lipinski definition) is 1. The van der Waals surface area contributed by atoms with E-state index in [0.29, 0.717) is 0 Å². The molecule has 1 N–H and O–H groups in total. The zero-order valence-electron chi connectivity index (χ0n) is 9.72. The lowest BCUT2D eigenvalue weighted by Gasteiger charge is -2.09. The molecule has 1 aromatic carbocycles. The van der Waals surface area contributed by atoms with Gasteiger partial charge in [0.25, 0.3) is 0 Å². The number of carbonyl (C=O) groups is 1. The first-order valence-corrected chi connectivity index (χ1v) is 5.06. The largest absolute Gasteiger partial charge is 0.522 e. The standard InChI is InChI=1S/C10H8F3NO6/c11-10(12,13)20-4-3-19-8-5-6(9(15)16)1-2-7(8)14(17)18/h1-2,5H,3-4H2,(H,15,16). The predicted molar refractivity (Wildman–Crippen MR) is 57.6 cm³/mol. The van der Waals surface area contributed by atoms with Crippen molar-refractivity contribution in [3.05, 3.63) is 33.9 Å². The Hall–Kier alpha value is -2.36. The first kappa shape index (κ1) is 15.7. The molecule has 0 unspecified atom stereocenters. The van der Waals surface area contributed by atoms with E-state index in [1.165, 1.54) is 0 Å². The highest BCUT2D eigenvalue weighted by Crippen LogP contribution is 2.28. The van der Waals surface area contributed by atoms with Gasteiger partial charge in [0.2, 0.25) is 0 Å². The minimum absolute atomic E-state index is 0.290. The Kier molecular flexibility index (Phi) is 4.86. The van der Waals surface area contributed by atoms with Crippen LogP contribution in [0.25, 0.3) is 0 Å². The maximum absolute atomic E-state index is 11.7. The molecule has 1 rings (SSSR count).